The number of ether oxygens (including phenoxy) is 1. The lowest BCUT2D eigenvalue weighted by atomic mass is 9.88. The SMILES string of the molecule is CC(C)(C)c1nc2c(o1)OC(N)=C(C#N)[C@H]2c1ccc(Cl)cc1Cl. The molecule has 0 radical (unpaired) electrons. The highest BCUT2D eigenvalue weighted by atomic mass is 35.5. The first kappa shape index (κ1) is 16.7. The third-order valence-electron chi connectivity index (χ3n) is 3.69. The van der Waals surface area contributed by atoms with Crippen molar-refractivity contribution in [3.8, 4) is 12.0 Å². The molecule has 0 fully saturated rings. The minimum Gasteiger partial charge on any atom is -0.409 e. The van der Waals surface area contributed by atoms with E-state index < -0.39 is 5.92 Å². The van der Waals surface area contributed by atoms with E-state index in [0.717, 1.165) is 0 Å². The second kappa shape index (κ2) is 5.73. The van der Waals surface area contributed by atoms with E-state index >= 15 is 0 Å². The van der Waals surface area contributed by atoms with E-state index in [0.29, 0.717) is 27.2 Å². The van der Waals surface area contributed by atoms with E-state index in [4.69, 9.17) is 38.1 Å². The number of fused-ring (bicyclic) bond motifs is 1. The number of nitrogens with two attached hydrogens (primary N) is 1. The fourth-order valence-electron chi connectivity index (χ4n) is 2.49. The second-order valence-electron chi connectivity index (χ2n) is 6.53. The van der Waals surface area contributed by atoms with Crippen LogP contribution in [0.15, 0.2) is 34.1 Å². The van der Waals surface area contributed by atoms with Gasteiger partial charge in [-0.05, 0) is 17.7 Å². The summed E-state index contributed by atoms with van der Waals surface area (Å²) in [7, 11) is 0. The molecule has 0 saturated carbocycles. The molecule has 1 aromatic carbocycles. The zero-order valence-corrected chi connectivity index (χ0v) is 14.9. The van der Waals surface area contributed by atoms with Gasteiger partial charge in [0.25, 0.3) is 0 Å². The van der Waals surface area contributed by atoms with Crippen LogP contribution in [0.4, 0.5) is 0 Å². The third-order valence-corrected chi connectivity index (χ3v) is 4.25. The molecule has 2 aromatic rings. The lowest BCUT2D eigenvalue weighted by Crippen LogP contribution is -2.21. The van der Waals surface area contributed by atoms with Crippen LogP contribution in [-0.2, 0) is 5.41 Å². The molecule has 1 atom stereocenters. The van der Waals surface area contributed by atoms with Crippen LogP contribution in [-0.4, -0.2) is 4.98 Å². The van der Waals surface area contributed by atoms with Gasteiger partial charge < -0.3 is 14.9 Å². The third kappa shape index (κ3) is 2.72. The topological polar surface area (TPSA) is 85.1 Å². The summed E-state index contributed by atoms with van der Waals surface area (Å²) in [5.74, 6) is 0.100. The monoisotopic (exact) mass is 363 g/mol. The number of halogens is 2. The van der Waals surface area contributed by atoms with Crippen molar-refractivity contribution in [1.82, 2.24) is 4.98 Å². The molecule has 0 spiro atoms. The summed E-state index contributed by atoms with van der Waals surface area (Å²) in [5.41, 5.74) is 6.97. The average Bonchev–Trinajstić information content (AvgIpc) is 2.90. The van der Waals surface area contributed by atoms with E-state index in [1.54, 1.807) is 18.2 Å². The standard InChI is InChI=1S/C17H15Cl2N3O2/c1-17(2,3)16-22-13-12(9-5-4-8(18)6-11(9)19)10(7-20)14(21)23-15(13)24-16/h4-6,12H,21H2,1-3H3/t12-/m1/s1. The quantitative estimate of drug-likeness (QED) is 0.805. The van der Waals surface area contributed by atoms with Gasteiger partial charge in [-0.1, -0.05) is 50.0 Å². The van der Waals surface area contributed by atoms with Crippen molar-refractivity contribution in [1.29, 1.82) is 5.26 Å². The molecule has 0 aliphatic carbocycles. The molecule has 1 aromatic heterocycles. The number of hydrogen-bond acceptors (Lipinski definition) is 5. The maximum atomic E-state index is 9.54. The first-order valence-corrected chi connectivity index (χ1v) is 8.01. The molecular formula is C17H15Cl2N3O2. The molecule has 0 bridgehead atoms. The molecule has 2 heterocycles. The lowest BCUT2D eigenvalue weighted by Gasteiger charge is -2.22. The van der Waals surface area contributed by atoms with Gasteiger partial charge in [-0.15, -0.1) is 0 Å². The van der Waals surface area contributed by atoms with Crippen molar-refractivity contribution in [3.05, 3.63) is 56.8 Å². The number of nitriles is 1. The predicted octanol–water partition coefficient (Wildman–Crippen LogP) is 4.50. The number of nitrogens with zero attached hydrogens (tertiary/aromatic N) is 2. The molecule has 0 amide bonds. The second-order valence-corrected chi connectivity index (χ2v) is 7.38. The Balaban J connectivity index is 2.23. The zero-order valence-electron chi connectivity index (χ0n) is 13.4. The van der Waals surface area contributed by atoms with E-state index in [1.165, 1.54) is 0 Å². The van der Waals surface area contributed by atoms with Gasteiger partial charge in [-0.2, -0.15) is 5.26 Å². The van der Waals surface area contributed by atoms with Crippen molar-refractivity contribution in [2.75, 3.05) is 0 Å². The smallest absolute Gasteiger partial charge is 0.316 e. The summed E-state index contributed by atoms with van der Waals surface area (Å²) < 4.78 is 11.2. The van der Waals surface area contributed by atoms with E-state index in [1.807, 2.05) is 20.8 Å². The van der Waals surface area contributed by atoms with Crippen molar-refractivity contribution >= 4 is 23.2 Å². The van der Waals surface area contributed by atoms with Crippen molar-refractivity contribution in [2.24, 2.45) is 5.73 Å². The number of aromatic nitrogens is 1. The molecule has 24 heavy (non-hydrogen) atoms. The first-order chi connectivity index (χ1) is 11.2. The maximum Gasteiger partial charge on any atom is 0.316 e. The van der Waals surface area contributed by atoms with E-state index in [9.17, 15) is 5.26 Å². The number of rotatable bonds is 1. The van der Waals surface area contributed by atoms with Crippen molar-refractivity contribution < 1.29 is 9.15 Å². The highest BCUT2D eigenvalue weighted by molar-refractivity contribution is 6.35. The van der Waals surface area contributed by atoms with Crippen molar-refractivity contribution in [2.45, 2.75) is 32.1 Å². The molecule has 7 heteroatoms. The van der Waals surface area contributed by atoms with Gasteiger partial charge in [0.2, 0.25) is 11.8 Å². The van der Waals surface area contributed by atoms with Gasteiger partial charge in [-0.25, -0.2) is 4.98 Å². The van der Waals surface area contributed by atoms with E-state index in [2.05, 4.69) is 11.1 Å². The molecule has 5 nitrogen and oxygen atoms in total. The van der Waals surface area contributed by atoms with Crippen LogP contribution in [0.5, 0.6) is 5.95 Å². The maximum absolute atomic E-state index is 9.54. The Morgan fingerprint density at radius 2 is 2.00 bits per heavy atom. The van der Waals surface area contributed by atoms with Gasteiger partial charge in [0.1, 0.15) is 17.3 Å². The fourth-order valence-corrected chi connectivity index (χ4v) is 3.00. The molecule has 0 unspecified atom stereocenters. The van der Waals surface area contributed by atoms with E-state index in [-0.39, 0.29) is 22.8 Å². The van der Waals surface area contributed by atoms with Crippen LogP contribution < -0.4 is 10.5 Å². The van der Waals surface area contributed by atoms with Crippen LogP contribution in [0.25, 0.3) is 0 Å². The van der Waals surface area contributed by atoms with Gasteiger partial charge in [0, 0.05) is 15.5 Å². The molecular weight excluding hydrogens is 349 g/mol. The number of oxazole rings is 1. The minimum atomic E-state index is -0.566. The fraction of sp³-hybridized carbons (Fsp3) is 0.294. The summed E-state index contributed by atoms with van der Waals surface area (Å²) in [6.07, 6.45) is 0. The Kier molecular flexibility index (Phi) is 3.98. The number of benzene rings is 1. The van der Waals surface area contributed by atoms with Gasteiger partial charge in [-0.3, -0.25) is 0 Å². The Morgan fingerprint density at radius 3 is 2.58 bits per heavy atom. The van der Waals surface area contributed by atoms with Gasteiger partial charge in [0.15, 0.2) is 0 Å². The van der Waals surface area contributed by atoms with Crippen LogP contribution in [0, 0.1) is 11.3 Å². The molecule has 1 aliphatic heterocycles. The Hall–Kier alpha value is -2.16. The molecule has 2 N–H and O–H groups in total. The van der Waals surface area contributed by atoms with Crippen LogP contribution in [0.1, 0.15) is 43.8 Å². The van der Waals surface area contributed by atoms with Crippen molar-refractivity contribution in [3.63, 3.8) is 0 Å². The van der Waals surface area contributed by atoms with Crippen LogP contribution in [0.3, 0.4) is 0 Å². The Bertz CT molecular complexity index is 888. The predicted molar refractivity (Wildman–Crippen MR) is 91.0 cm³/mol. The largest absolute Gasteiger partial charge is 0.409 e. The van der Waals surface area contributed by atoms with Crippen LogP contribution >= 0.6 is 23.2 Å². The van der Waals surface area contributed by atoms with Gasteiger partial charge in [0.05, 0.1) is 5.92 Å². The zero-order chi connectivity index (χ0) is 17.6. The summed E-state index contributed by atoms with van der Waals surface area (Å²) in [6.45, 7) is 5.91. The summed E-state index contributed by atoms with van der Waals surface area (Å²) >= 11 is 12.3. The summed E-state index contributed by atoms with van der Waals surface area (Å²) in [5, 5.41) is 10.5. The number of allylic oxidation sites excluding steroid dienone is 1. The molecule has 0 saturated heterocycles. The van der Waals surface area contributed by atoms with Gasteiger partial charge >= 0.3 is 5.95 Å². The highest BCUT2D eigenvalue weighted by Crippen LogP contribution is 2.45. The Labute approximate surface area is 149 Å². The first-order valence-electron chi connectivity index (χ1n) is 7.26. The summed E-state index contributed by atoms with van der Waals surface area (Å²) in [4.78, 5) is 4.55. The summed E-state index contributed by atoms with van der Waals surface area (Å²) in [6, 6.07) is 7.16. The normalized spacial score (nSPS) is 17.2. The molecule has 124 valence electrons. The molecule has 1 aliphatic rings. The highest BCUT2D eigenvalue weighted by Gasteiger charge is 2.38. The minimum absolute atomic E-state index is 0.0161. The lowest BCUT2D eigenvalue weighted by molar-refractivity contribution is 0.268. The Morgan fingerprint density at radius 1 is 1.29 bits per heavy atom. The average molecular weight is 364 g/mol. The number of hydrogen-bond donors (Lipinski definition) is 1. The molecule has 3 rings (SSSR count). The van der Waals surface area contributed by atoms with Crippen LogP contribution in [0.2, 0.25) is 10.0 Å².